The fourth-order valence-electron chi connectivity index (χ4n) is 3.70. The van der Waals surface area contributed by atoms with E-state index in [2.05, 4.69) is 35.2 Å². The molecule has 2 heterocycles. The van der Waals surface area contributed by atoms with Gasteiger partial charge in [-0.1, -0.05) is 60.1 Å². The van der Waals surface area contributed by atoms with E-state index in [-0.39, 0.29) is 5.78 Å². The first-order chi connectivity index (χ1) is 14.1. The fourth-order valence-corrected chi connectivity index (χ4v) is 4.71. The number of ketones is 1. The number of carbonyl (C=O) groups is 1. The monoisotopic (exact) mass is 422 g/mol. The van der Waals surface area contributed by atoms with Crippen LogP contribution >= 0.6 is 22.9 Å². The molecule has 1 fully saturated rings. The molecule has 0 aliphatic carbocycles. The molecular weight excluding hydrogens is 400 g/mol. The summed E-state index contributed by atoms with van der Waals surface area (Å²) in [4.78, 5) is 15.2. The van der Waals surface area contributed by atoms with Crippen LogP contribution < -0.4 is 0 Å². The summed E-state index contributed by atoms with van der Waals surface area (Å²) in [6.07, 6.45) is 3.54. The fraction of sp³-hybridized carbons (Fsp3) is 0.250. The van der Waals surface area contributed by atoms with Gasteiger partial charge in [-0.05, 0) is 48.1 Å². The standard InChI is InChI=1S/C24H23ClN2OS/c25-23-13-12-22(29-23)21(28)11-6-17-4-3-5-20(16-17)18-7-9-19(10-8-18)24(26)27-14-1-2-15-27/h3-5,7-10,12-13,16,26H,1-2,6,11,14-15H2. The van der Waals surface area contributed by atoms with Crippen LogP contribution in [0.25, 0.3) is 11.1 Å². The van der Waals surface area contributed by atoms with Gasteiger partial charge in [-0.3, -0.25) is 10.2 Å². The second-order valence-electron chi connectivity index (χ2n) is 7.35. The average molecular weight is 423 g/mol. The lowest BCUT2D eigenvalue weighted by molar-refractivity contribution is 0.0986. The van der Waals surface area contributed by atoms with E-state index < -0.39 is 0 Å². The SMILES string of the molecule is N=C(c1ccc(-c2cccc(CCC(=O)c3ccc(Cl)s3)c2)cc1)N1CCCC1. The topological polar surface area (TPSA) is 44.2 Å². The van der Waals surface area contributed by atoms with Crippen molar-refractivity contribution < 1.29 is 4.79 Å². The molecule has 1 aliphatic rings. The predicted octanol–water partition coefficient (Wildman–Crippen LogP) is 6.31. The van der Waals surface area contributed by atoms with Crippen LogP contribution in [-0.2, 0) is 6.42 Å². The number of hydrogen-bond acceptors (Lipinski definition) is 3. The number of likely N-dealkylation sites (tertiary alicyclic amines) is 1. The summed E-state index contributed by atoms with van der Waals surface area (Å²) in [6.45, 7) is 1.97. The van der Waals surface area contributed by atoms with Gasteiger partial charge in [-0.25, -0.2) is 0 Å². The van der Waals surface area contributed by atoms with E-state index in [0.717, 1.165) is 40.2 Å². The molecule has 29 heavy (non-hydrogen) atoms. The van der Waals surface area contributed by atoms with Crippen molar-refractivity contribution in [3.8, 4) is 11.1 Å². The second kappa shape index (κ2) is 8.93. The number of halogens is 1. The van der Waals surface area contributed by atoms with Crippen LogP contribution in [0.2, 0.25) is 4.34 Å². The highest BCUT2D eigenvalue weighted by molar-refractivity contribution is 7.18. The summed E-state index contributed by atoms with van der Waals surface area (Å²) < 4.78 is 0.650. The molecule has 1 aromatic heterocycles. The largest absolute Gasteiger partial charge is 0.357 e. The summed E-state index contributed by atoms with van der Waals surface area (Å²) in [5.41, 5.74) is 4.37. The molecule has 2 aromatic carbocycles. The quantitative estimate of drug-likeness (QED) is 0.287. The number of Topliss-reactive ketones (excluding diaryl/α,β-unsaturated/α-hetero) is 1. The lowest BCUT2D eigenvalue weighted by Gasteiger charge is -2.18. The van der Waals surface area contributed by atoms with Crippen LogP contribution in [0.4, 0.5) is 0 Å². The number of rotatable bonds is 6. The zero-order valence-electron chi connectivity index (χ0n) is 16.2. The summed E-state index contributed by atoms with van der Waals surface area (Å²) >= 11 is 7.27. The van der Waals surface area contributed by atoms with E-state index in [0.29, 0.717) is 23.0 Å². The average Bonchev–Trinajstić information content (AvgIpc) is 3.44. The Labute approximate surface area is 180 Å². The number of thiophene rings is 1. The molecule has 4 rings (SSSR count). The van der Waals surface area contributed by atoms with E-state index >= 15 is 0 Å². The molecule has 3 nitrogen and oxygen atoms in total. The van der Waals surface area contributed by atoms with Crippen molar-refractivity contribution in [1.82, 2.24) is 4.90 Å². The number of aryl methyl sites for hydroxylation is 1. The zero-order chi connectivity index (χ0) is 20.2. The Morgan fingerprint density at radius 1 is 1.00 bits per heavy atom. The molecule has 3 aromatic rings. The second-order valence-corrected chi connectivity index (χ2v) is 9.06. The highest BCUT2D eigenvalue weighted by Crippen LogP contribution is 2.25. The Morgan fingerprint density at radius 2 is 1.76 bits per heavy atom. The minimum Gasteiger partial charge on any atom is -0.357 e. The molecule has 1 saturated heterocycles. The van der Waals surface area contributed by atoms with Crippen molar-refractivity contribution >= 4 is 34.6 Å². The van der Waals surface area contributed by atoms with Gasteiger partial charge in [0.05, 0.1) is 9.21 Å². The normalized spacial score (nSPS) is 13.6. The van der Waals surface area contributed by atoms with Crippen LogP contribution in [0.5, 0.6) is 0 Å². The maximum absolute atomic E-state index is 12.3. The summed E-state index contributed by atoms with van der Waals surface area (Å²) in [5, 5.41) is 8.39. The van der Waals surface area contributed by atoms with Crippen molar-refractivity contribution in [2.75, 3.05) is 13.1 Å². The number of benzene rings is 2. The van der Waals surface area contributed by atoms with Crippen molar-refractivity contribution in [3.63, 3.8) is 0 Å². The summed E-state index contributed by atoms with van der Waals surface area (Å²) in [6, 6.07) is 20.1. The van der Waals surface area contributed by atoms with E-state index in [4.69, 9.17) is 17.0 Å². The molecule has 0 bridgehead atoms. The van der Waals surface area contributed by atoms with Gasteiger partial charge in [0.15, 0.2) is 5.78 Å². The van der Waals surface area contributed by atoms with Gasteiger partial charge in [0.25, 0.3) is 0 Å². The van der Waals surface area contributed by atoms with Crippen molar-refractivity contribution in [2.24, 2.45) is 0 Å². The molecule has 0 saturated carbocycles. The number of nitrogens with one attached hydrogen (secondary N) is 1. The zero-order valence-corrected chi connectivity index (χ0v) is 17.7. The summed E-state index contributed by atoms with van der Waals surface area (Å²) in [7, 11) is 0. The van der Waals surface area contributed by atoms with Crippen LogP contribution in [-0.4, -0.2) is 29.6 Å². The van der Waals surface area contributed by atoms with E-state index in [9.17, 15) is 4.79 Å². The number of amidine groups is 1. The van der Waals surface area contributed by atoms with Gasteiger partial charge < -0.3 is 4.90 Å². The molecule has 0 amide bonds. The van der Waals surface area contributed by atoms with Crippen molar-refractivity contribution in [1.29, 1.82) is 5.41 Å². The van der Waals surface area contributed by atoms with Gasteiger partial charge in [0.1, 0.15) is 5.84 Å². The molecule has 0 unspecified atom stereocenters. The molecule has 0 spiro atoms. The minimum absolute atomic E-state index is 0.136. The Kier molecular flexibility index (Phi) is 6.12. The number of nitrogens with zero attached hydrogens (tertiary/aromatic N) is 1. The minimum atomic E-state index is 0.136. The first kappa shape index (κ1) is 19.9. The Hall–Kier alpha value is -2.43. The van der Waals surface area contributed by atoms with Gasteiger partial charge in [0.2, 0.25) is 0 Å². The highest BCUT2D eigenvalue weighted by atomic mass is 35.5. The highest BCUT2D eigenvalue weighted by Gasteiger charge is 2.16. The summed E-state index contributed by atoms with van der Waals surface area (Å²) in [5.74, 6) is 0.757. The van der Waals surface area contributed by atoms with E-state index in [1.807, 2.05) is 18.2 Å². The van der Waals surface area contributed by atoms with Crippen LogP contribution in [0, 0.1) is 5.41 Å². The van der Waals surface area contributed by atoms with E-state index in [1.54, 1.807) is 12.1 Å². The lowest BCUT2D eigenvalue weighted by Crippen LogP contribution is -2.27. The van der Waals surface area contributed by atoms with Crippen LogP contribution in [0.1, 0.15) is 40.1 Å². The maximum Gasteiger partial charge on any atom is 0.173 e. The molecule has 0 radical (unpaired) electrons. The van der Waals surface area contributed by atoms with Gasteiger partial charge >= 0.3 is 0 Å². The Bertz CT molecular complexity index is 1020. The molecule has 5 heteroatoms. The van der Waals surface area contributed by atoms with E-state index in [1.165, 1.54) is 24.2 Å². The van der Waals surface area contributed by atoms with Crippen molar-refractivity contribution in [3.05, 3.63) is 81.0 Å². The first-order valence-electron chi connectivity index (χ1n) is 9.92. The third-order valence-corrected chi connectivity index (χ3v) is 6.60. The first-order valence-corrected chi connectivity index (χ1v) is 11.1. The molecule has 1 N–H and O–H groups in total. The lowest BCUT2D eigenvalue weighted by atomic mass is 9.99. The maximum atomic E-state index is 12.3. The Morgan fingerprint density at radius 3 is 2.45 bits per heavy atom. The third-order valence-electron chi connectivity index (χ3n) is 5.33. The predicted molar refractivity (Wildman–Crippen MR) is 121 cm³/mol. The van der Waals surface area contributed by atoms with Gasteiger partial charge in [0, 0.05) is 25.1 Å². The van der Waals surface area contributed by atoms with Crippen molar-refractivity contribution in [2.45, 2.75) is 25.7 Å². The third kappa shape index (κ3) is 4.77. The smallest absolute Gasteiger partial charge is 0.173 e. The number of carbonyl (C=O) groups excluding carboxylic acids is 1. The van der Waals surface area contributed by atoms with Crippen LogP contribution in [0.3, 0.4) is 0 Å². The number of hydrogen-bond donors (Lipinski definition) is 1. The van der Waals surface area contributed by atoms with Crippen LogP contribution in [0.15, 0.2) is 60.7 Å². The Balaban J connectivity index is 1.42. The molecular formula is C24H23ClN2OS. The van der Waals surface area contributed by atoms with Gasteiger partial charge in [-0.2, -0.15) is 0 Å². The van der Waals surface area contributed by atoms with Gasteiger partial charge in [-0.15, -0.1) is 11.3 Å². The molecule has 0 atom stereocenters. The molecule has 1 aliphatic heterocycles. The molecule has 148 valence electrons.